The first kappa shape index (κ1) is 15.0. The highest BCUT2D eigenvalue weighted by Gasteiger charge is 2.19. The van der Waals surface area contributed by atoms with E-state index in [-0.39, 0.29) is 18.4 Å². The number of hydrogen-bond acceptors (Lipinski definition) is 4. The molecule has 6 heteroatoms. The maximum atomic E-state index is 11.8. The molecule has 0 saturated carbocycles. The number of anilines is 1. The van der Waals surface area contributed by atoms with Crippen LogP contribution in [0, 0.1) is 0 Å². The van der Waals surface area contributed by atoms with Gasteiger partial charge in [0.2, 0.25) is 5.91 Å². The zero-order valence-corrected chi connectivity index (χ0v) is 11.9. The summed E-state index contributed by atoms with van der Waals surface area (Å²) < 4.78 is 4.45. The summed E-state index contributed by atoms with van der Waals surface area (Å²) in [5.74, 6) is -0.736. The maximum Gasteiger partial charge on any atom is 0.325 e. The van der Waals surface area contributed by atoms with Gasteiger partial charge in [-0.1, -0.05) is 0 Å². The van der Waals surface area contributed by atoms with E-state index in [1.807, 2.05) is 0 Å². The van der Waals surface area contributed by atoms with Gasteiger partial charge in [0.05, 0.1) is 7.11 Å². The summed E-state index contributed by atoms with van der Waals surface area (Å²) in [5.41, 5.74) is 1.23. The van der Waals surface area contributed by atoms with Crippen molar-refractivity contribution in [2.75, 3.05) is 25.1 Å². The molecule has 1 aromatic rings. The van der Waals surface area contributed by atoms with Crippen LogP contribution in [0.2, 0.25) is 0 Å². The molecule has 21 heavy (non-hydrogen) atoms. The minimum atomic E-state index is -0.501. The second-order valence-electron chi connectivity index (χ2n) is 4.81. The van der Waals surface area contributed by atoms with Gasteiger partial charge >= 0.3 is 5.97 Å². The lowest BCUT2D eigenvalue weighted by Gasteiger charge is -2.26. The van der Waals surface area contributed by atoms with Crippen LogP contribution in [0.4, 0.5) is 5.69 Å². The molecule has 1 heterocycles. The lowest BCUT2D eigenvalue weighted by atomic mass is 10.1. The third-order valence-electron chi connectivity index (χ3n) is 3.39. The van der Waals surface area contributed by atoms with Crippen LogP contribution in [-0.4, -0.2) is 38.0 Å². The highest BCUT2D eigenvalue weighted by Crippen LogP contribution is 2.21. The number of hydrogen-bond donors (Lipinski definition) is 1. The van der Waals surface area contributed by atoms with Crippen molar-refractivity contribution in [3.63, 3.8) is 0 Å². The Bertz CT molecular complexity index is 539. The van der Waals surface area contributed by atoms with Crippen molar-refractivity contribution in [3.8, 4) is 0 Å². The first-order valence-electron chi connectivity index (χ1n) is 6.87. The third-order valence-corrected chi connectivity index (χ3v) is 3.39. The minimum absolute atomic E-state index is 0.115. The van der Waals surface area contributed by atoms with Gasteiger partial charge in [-0.25, -0.2) is 0 Å². The molecule has 0 spiro atoms. The summed E-state index contributed by atoms with van der Waals surface area (Å²) in [6.07, 6.45) is 2.50. The number of methoxy groups -OCH3 is 1. The predicted octanol–water partition coefficient (Wildman–Crippen LogP) is 1.11. The largest absolute Gasteiger partial charge is 0.468 e. The Labute approximate surface area is 123 Å². The minimum Gasteiger partial charge on any atom is -0.468 e. The number of piperidine rings is 1. The molecule has 0 bridgehead atoms. The van der Waals surface area contributed by atoms with Crippen LogP contribution in [0.25, 0.3) is 0 Å². The Morgan fingerprint density at radius 2 is 1.95 bits per heavy atom. The molecule has 1 aliphatic rings. The van der Waals surface area contributed by atoms with E-state index >= 15 is 0 Å². The second kappa shape index (κ2) is 6.88. The van der Waals surface area contributed by atoms with Crippen molar-refractivity contribution >= 4 is 23.5 Å². The van der Waals surface area contributed by atoms with Crippen LogP contribution in [-0.2, 0) is 14.3 Å². The third kappa shape index (κ3) is 3.81. The Kier molecular flexibility index (Phi) is 4.92. The van der Waals surface area contributed by atoms with Crippen molar-refractivity contribution in [3.05, 3.63) is 29.8 Å². The van der Waals surface area contributed by atoms with E-state index in [9.17, 15) is 14.4 Å². The van der Waals surface area contributed by atoms with E-state index in [0.717, 1.165) is 18.5 Å². The number of carbonyl (C=O) groups excluding carboxylic acids is 3. The van der Waals surface area contributed by atoms with Crippen LogP contribution in [0.5, 0.6) is 0 Å². The van der Waals surface area contributed by atoms with Crippen molar-refractivity contribution in [2.24, 2.45) is 0 Å². The van der Waals surface area contributed by atoms with Crippen molar-refractivity contribution in [2.45, 2.75) is 19.3 Å². The molecule has 0 unspecified atom stereocenters. The van der Waals surface area contributed by atoms with E-state index in [1.54, 1.807) is 29.2 Å². The van der Waals surface area contributed by atoms with Crippen LogP contribution in [0.3, 0.4) is 0 Å². The topological polar surface area (TPSA) is 75.7 Å². The molecule has 1 fully saturated rings. The number of nitrogens with one attached hydrogen (secondary N) is 1. The van der Waals surface area contributed by atoms with Gasteiger partial charge in [-0.15, -0.1) is 0 Å². The fourth-order valence-corrected chi connectivity index (χ4v) is 2.20. The van der Waals surface area contributed by atoms with Gasteiger partial charge in [-0.2, -0.15) is 0 Å². The molecule has 0 atom stereocenters. The summed E-state index contributed by atoms with van der Waals surface area (Å²) in [5, 5.41) is 2.46. The number of esters is 1. The van der Waals surface area contributed by atoms with Crippen molar-refractivity contribution in [1.29, 1.82) is 0 Å². The molecule has 1 saturated heterocycles. The van der Waals surface area contributed by atoms with E-state index < -0.39 is 5.97 Å². The van der Waals surface area contributed by atoms with E-state index in [2.05, 4.69) is 10.1 Å². The molecule has 1 N–H and O–H groups in total. The van der Waals surface area contributed by atoms with Gasteiger partial charge in [0, 0.05) is 24.2 Å². The van der Waals surface area contributed by atoms with E-state index in [0.29, 0.717) is 18.5 Å². The molecule has 6 nitrogen and oxygen atoms in total. The molecule has 0 radical (unpaired) electrons. The predicted molar refractivity (Wildman–Crippen MR) is 77.0 cm³/mol. The normalized spacial score (nSPS) is 14.7. The SMILES string of the molecule is COC(=O)CNC(=O)c1ccc(N2CCCCC2=O)cc1. The van der Waals surface area contributed by atoms with E-state index in [4.69, 9.17) is 0 Å². The lowest BCUT2D eigenvalue weighted by molar-refractivity contribution is -0.139. The highest BCUT2D eigenvalue weighted by molar-refractivity contribution is 5.97. The Morgan fingerprint density at radius 3 is 2.57 bits per heavy atom. The average Bonchev–Trinajstić information content (AvgIpc) is 2.53. The highest BCUT2D eigenvalue weighted by atomic mass is 16.5. The van der Waals surface area contributed by atoms with Crippen LogP contribution in [0.15, 0.2) is 24.3 Å². The molecule has 2 rings (SSSR count). The van der Waals surface area contributed by atoms with Crippen molar-refractivity contribution < 1.29 is 19.1 Å². The molecule has 0 aromatic heterocycles. The monoisotopic (exact) mass is 290 g/mol. The summed E-state index contributed by atoms with van der Waals surface area (Å²) >= 11 is 0. The Balaban J connectivity index is 1.99. The second-order valence-corrected chi connectivity index (χ2v) is 4.81. The standard InChI is InChI=1S/C15H18N2O4/c1-21-14(19)10-16-15(20)11-5-7-12(8-6-11)17-9-3-2-4-13(17)18/h5-8H,2-4,9-10H2,1H3,(H,16,20). The van der Waals surface area contributed by atoms with Gasteiger partial charge < -0.3 is 15.0 Å². The fourth-order valence-electron chi connectivity index (χ4n) is 2.20. The molecule has 0 aliphatic carbocycles. The number of amides is 2. The number of nitrogens with zero attached hydrogens (tertiary/aromatic N) is 1. The van der Waals surface area contributed by atoms with Crippen LogP contribution in [0.1, 0.15) is 29.6 Å². The number of rotatable bonds is 4. The molecule has 1 aromatic carbocycles. The Hall–Kier alpha value is -2.37. The summed E-state index contributed by atoms with van der Waals surface area (Å²) in [4.78, 5) is 36.3. The zero-order valence-electron chi connectivity index (χ0n) is 11.9. The van der Waals surface area contributed by atoms with Gasteiger partial charge in [-0.05, 0) is 37.1 Å². The average molecular weight is 290 g/mol. The van der Waals surface area contributed by atoms with Crippen LogP contribution < -0.4 is 10.2 Å². The first-order chi connectivity index (χ1) is 10.1. The molecule has 112 valence electrons. The molecular formula is C15H18N2O4. The zero-order chi connectivity index (χ0) is 15.2. The van der Waals surface area contributed by atoms with Gasteiger partial charge in [0.25, 0.3) is 5.91 Å². The Morgan fingerprint density at radius 1 is 1.24 bits per heavy atom. The van der Waals surface area contributed by atoms with E-state index in [1.165, 1.54) is 7.11 Å². The summed E-state index contributed by atoms with van der Waals surface area (Å²) in [6.45, 7) is 0.550. The van der Waals surface area contributed by atoms with Crippen LogP contribution >= 0.6 is 0 Å². The molecule has 2 amide bonds. The summed E-state index contributed by atoms with van der Waals surface area (Å²) in [6, 6.07) is 6.78. The van der Waals surface area contributed by atoms with Gasteiger partial charge in [0.1, 0.15) is 6.54 Å². The number of carbonyl (C=O) groups is 3. The number of benzene rings is 1. The van der Waals surface area contributed by atoms with Gasteiger partial charge in [-0.3, -0.25) is 14.4 Å². The lowest BCUT2D eigenvalue weighted by Crippen LogP contribution is -2.35. The molecule has 1 aliphatic heterocycles. The maximum absolute atomic E-state index is 11.8. The van der Waals surface area contributed by atoms with Gasteiger partial charge in [0.15, 0.2) is 0 Å². The number of ether oxygens (including phenoxy) is 1. The quantitative estimate of drug-likeness (QED) is 0.843. The summed E-state index contributed by atoms with van der Waals surface area (Å²) in [7, 11) is 1.26. The fraction of sp³-hybridized carbons (Fsp3) is 0.400. The van der Waals surface area contributed by atoms with Crippen molar-refractivity contribution in [1.82, 2.24) is 5.32 Å². The smallest absolute Gasteiger partial charge is 0.325 e. The molecular weight excluding hydrogens is 272 g/mol. The first-order valence-corrected chi connectivity index (χ1v) is 6.87.